The highest BCUT2D eigenvalue weighted by atomic mass is 127. The third kappa shape index (κ3) is 3.82. The predicted molar refractivity (Wildman–Crippen MR) is 119 cm³/mol. The summed E-state index contributed by atoms with van der Waals surface area (Å²) in [4.78, 5) is 0. The summed E-state index contributed by atoms with van der Waals surface area (Å²) in [5.41, 5.74) is 0.303. The first-order valence-electron chi connectivity index (χ1n) is 10.5. The number of ether oxygens (including phenoxy) is 2. The van der Waals surface area contributed by atoms with Gasteiger partial charge in [0.1, 0.15) is 0 Å². The van der Waals surface area contributed by atoms with Crippen LogP contribution in [-0.4, -0.2) is 23.4 Å². The van der Waals surface area contributed by atoms with Gasteiger partial charge in [-0.25, -0.2) is 17.6 Å². The van der Waals surface area contributed by atoms with E-state index >= 15 is 8.78 Å². The zero-order valence-electron chi connectivity index (χ0n) is 16.6. The summed E-state index contributed by atoms with van der Waals surface area (Å²) in [6.45, 7) is 1.33. The van der Waals surface area contributed by atoms with Gasteiger partial charge in [0.15, 0.2) is 29.6 Å². The van der Waals surface area contributed by atoms with E-state index in [4.69, 9.17) is 9.47 Å². The van der Waals surface area contributed by atoms with E-state index in [0.717, 1.165) is 18.9 Å². The van der Waals surface area contributed by atoms with Crippen LogP contribution in [0.15, 0.2) is 30.3 Å². The van der Waals surface area contributed by atoms with Crippen LogP contribution < -0.4 is 0 Å². The highest BCUT2D eigenvalue weighted by molar-refractivity contribution is 14.1. The van der Waals surface area contributed by atoms with Crippen LogP contribution in [0.2, 0.25) is 0 Å². The fourth-order valence-electron chi connectivity index (χ4n) is 4.96. The first kappa shape index (κ1) is 21.4. The van der Waals surface area contributed by atoms with Crippen LogP contribution >= 0.6 is 22.6 Å². The maximum Gasteiger partial charge on any atom is 0.167 e. The third-order valence-corrected chi connectivity index (χ3v) is 7.28. The van der Waals surface area contributed by atoms with Crippen LogP contribution in [0, 0.1) is 29.2 Å². The molecule has 2 nitrogen and oxygen atoms in total. The molecule has 31 heavy (non-hydrogen) atoms. The molecule has 5 rings (SSSR count). The highest BCUT2D eigenvalue weighted by Gasteiger charge is 2.34. The number of fused-ring (bicyclic) bond motifs is 3. The molecule has 2 aliphatic rings. The van der Waals surface area contributed by atoms with Crippen molar-refractivity contribution in [3.63, 3.8) is 0 Å². The van der Waals surface area contributed by atoms with Crippen molar-refractivity contribution in [2.45, 2.75) is 41.8 Å². The molecule has 0 aromatic heterocycles. The molecule has 1 aliphatic heterocycles. The maximum absolute atomic E-state index is 15.2. The molecule has 0 radical (unpaired) electrons. The molecule has 0 N–H and O–H groups in total. The van der Waals surface area contributed by atoms with E-state index in [1.54, 1.807) is 18.2 Å². The minimum absolute atomic E-state index is 0.135. The molecule has 1 saturated heterocycles. The lowest BCUT2D eigenvalue weighted by Gasteiger charge is -2.36. The van der Waals surface area contributed by atoms with E-state index in [1.165, 1.54) is 6.07 Å². The Morgan fingerprint density at radius 2 is 1.35 bits per heavy atom. The van der Waals surface area contributed by atoms with E-state index in [0.29, 0.717) is 46.3 Å². The first-order valence-corrected chi connectivity index (χ1v) is 11.7. The summed E-state index contributed by atoms with van der Waals surface area (Å²) in [7, 11) is 0. The van der Waals surface area contributed by atoms with Gasteiger partial charge >= 0.3 is 0 Å². The standard InChI is InChI=1S/C24H21F4IO2/c25-18-8-7-13-3-6-15-9-17(21(26)23(28)20(15)19(13)22(18)27)12-1-4-14(5-2-12)24-30-10-16(29)11-31-24/h3,6-9,12,14,16,24H,1-2,4-5,10-11H2. The summed E-state index contributed by atoms with van der Waals surface area (Å²) in [5, 5.41) is 0.283. The lowest BCUT2D eigenvalue weighted by molar-refractivity contribution is -0.205. The van der Waals surface area contributed by atoms with Crippen LogP contribution in [0.3, 0.4) is 0 Å². The largest absolute Gasteiger partial charge is 0.351 e. The third-order valence-electron chi connectivity index (χ3n) is 6.56. The second kappa shape index (κ2) is 8.48. The molecule has 3 aromatic rings. The van der Waals surface area contributed by atoms with Crippen molar-refractivity contribution >= 4 is 44.1 Å². The van der Waals surface area contributed by atoms with Crippen molar-refractivity contribution in [2.24, 2.45) is 5.92 Å². The topological polar surface area (TPSA) is 18.5 Å². The zero-order valence-corrected chi connectivity index (χ0v) is 18.8. The van der Waals surface area contributed by atoms with Gasteiger partial charge in [-0.1, -0.05) is 40.8 Å². The van der Waals surface area contributed by atoms with E-state index < -0.39 is 23.3 Å². The number of rotatable bonds is 2. The van der Waals surface area contributed by atoms with Crippen molar-refractivity contribution < 1.29 is 27.0 Å². The van der Waals surface area contributed by atoms with E-state index in [1.807, 2.05) is 0 Å². The van der Waals surface area contributed by atoms with Crippen LogP contribution in [0.25, 0.3) is 21.5 Å². The number of hydrogen-bond acceptors (Lipinski definition) is 2. The minimum atomic E-state index is -1.16. The summed E-state index contributed by atoms with van der Waals surface area (Å²) in [6.07, 6.45) is 2.77. The molecule has 0 amide bonds. The fraction of sp³-hybridized carbons (Fsp3) is 0.417. The molecule has 1 aliphatic carbocycles. The van der Waals surface area contributed by atoms with Crippen LogP contribution in [0.4, 0.5) is 17.6 Å². The molecule has 2 fully saturated rings. The quantitative estimate of drug-likeness (QED) is 0.150. The monoisotopic (exact) mass is 544 g/mol. The Morgan fingerprint density at radius 3 is 2.06 bits per heavy atom. The molecular weight excluding hydrogens is 523 g/mol. The fourth-order valence-corrected chi connectivity index (χ4v) is 5.37. The van der Waals surface area contributed by atoms with Crippen LogP contribution in [-0.2, 0) is 9.47 Å². The smallest absolute Gasteiger partial charge is 0.167 e. The number of hydrogen-bond donors (Lipinski definition) is 0. The van der Waals surface area contributed by atoms with Gasteiger partial charge < -0.3 is 9.47 Å². The van der Waals surface area contributed by atoms with Gasteiger partial charge in [0.05, 0.1) is 17.1 Å². The van der Waals surface area contributed by atoms with Crippen molar-refractivity contribution in [3.8, 4) is 0 Å². The molecule has 164 valence electrons. The molecule has 0 spiro atoms. The van der Waals surface area contributed by atoms with Crippen LogP contribution in [0.5, 0.6) is 0 Å². The Labute approximate surface area is 191 Å². The lowest BCUT2D eigenvalue weighted by Crippen LogP contribution is -2.38. The van der Waals surface area contributed by atoms with Gasteiger partial charge in [0.2, 0.25) is 0 Å². The number of halogens is 5. The summed E-state index contributed by atoms with van der Waals surface area (Å²) in [5.74, 6) is -4.21. The summed E-state index contributed by atoms with van der Waals surface area (Å²) >= 11 is 2.30. The van der Waals surface area contributed by atoms with Crippen molar-refractivity contribution in [1.29, 1.82) is 0 Å². The van der Waals surface area contributed by atoms with E-state index in [-0.39, 0.29) is 28.9 Å². The van der Waals surface area contributed by atoms with Crippen molar-refractivity contribution in [3.05, 3.63) is 59.2 Å². The Morgan fingerprint density at radius 1 is 0.742 bits per heavy atom. The maximum atomic E-state index is 15.2. The second-order valence-corrected chi connectivity index (χ2v) is 10.2. The summed E-state index contributed by atoms with van der Waals surface area (Å²) < 4.78 is 70.5. The first-order chi connectivity index (χ1) is 14.9. The molecule has 1 saturated carbocycles. The van der Waals surface area contributed by atoms with Crippen molar-refractivity contribution in [1.82, 2.24) is 0 Å². The Kier molecular flexibility index (Phi) is 5.85. The predicted octanol–water partition coefficient (Wildman–Crippen LogP) is 7.00. The average molecular weight is 544 g/mol. The molecule has 3 aromatic carbocycles. The van der Waals surface area contributed by atoms with Gasteiger partial charge in [0.25, 0.3) is 0 Å². The van der Waals surface area contributed by atoms with Gasteiger partial charge in [-0.2, -0.15) is 0 Å². The Bertz CT molecular complexity index is 1140. The average Bonchev–Trinajstić information content (AvgIpc) is 2.79. The van der Waals surface area contributed by atoms with Gasteiger partial charge in [-0.15, -0.1) is 0 Å². The number of benzene rings is 3. The molecule has 0 atom stereocenters. The lowest BCUT2D eigenvalue weighted by atomic mass is 9.77. The number of alkyl halides is 1. The minimum Gasteiger partial charge on any atom is -0.351 e. The molecule has 1 heterocycles. The van der Waals surface area contributed by atoms with Crippen LogP contribution in [0.1, 0.15) is 37.2 Å². The van der Waals surface area contributed by atoms with Gasteiger partial charge in [-0.05, 0) is 60.1 Å². The Balaban J connectivity index is 1.45. The zero-order chi connectivity index (χ0) is 21.7. The van der Waals surface area contributed by atoms with E-state index in [2.05, 4.69) is 22.6 Å². The van der Waals surface area contributed by atoms with Gasteiger partial charge in [-0.3, -0.25) is 0 Å². The SMILES string of the molecule is Fc1ccc2ccc3cc(C4CCC(C5OCC(I)CO5)CC4)c(F)c(F)c3c2c1F. The highest BCUT2D eigenvalue weighted by Crippen LogP contribution is 2.42. The normalized spacial score (nSPS) is 27.1. The van der Waals surface area contributed by atoms with Gasteiger partial charge in [0, 0.05) is 16.7 Å². The molecular formula is C24H21F4IO2. The van der Waals surface area contributed by atoms with Crippen molar-refractivity contribution in [2.75, 3.05) is 13.2 Å². The molecule has 0 bridgehead atoms. The summed E-state index contributed by atoms with van der Waals surface area (Å²) in [6, 6.07) is 7.20. The van der Waals surface area contributed by atoms with E-state index in [9.17, 15) is 8.78 Å². The molecule has 0 unspecified atom stereocenters. The Hall–Kier alpha value is -1.45. The molecule has 7 heteroatoms. The second-order valence-electron chi connectivity index (χ2n) is 8.46.